The summed E-state index contributed by atoms with van der Waals surface area (Å²) in [5.74, 6) is 1.56. The van der Waals surface area contributed by atoms with Crippen molar-refractivity contribution in [3.8, 4) is 11.5 Å². The molecule has 0 saturated heterocycles. The number of para-hydroxylation sites is 1. The molecule has 0 radical (unpaired) electrons. The number of anilines is 2. The van der Waals surface area contributed by atoms with E-state index in [0.717, 1.165) is 31.5 Å². The lowest BCUT2D eigenvalue weighted by Crippen LogP contribution is -2.29. The maximum Gasteiger partial charge on any atom is 0.226 e. The van der Waals surface area contributed by atoms with Crippen molar-refractivity contribution in [1.82, 2.24) is 19.5 Å². The summed E-state index contributed by atoms with van der Waals surface area (Å²) in [4.78, 5) is 14.0. The molecule has 2 heterocycles. The van der Waals surface area contributed by atoms with Crippen molar-refractivity contribution in [2.45, 2.75) is 78.1 Å². The van der Waals surface area contributed by atoms with E-state index in [1.807, 2.05) is 23.6 Å². The van der Waals surface area contributed by atoms with Crippen LogP contribution in [0.2, 0.25) is 0 Å². The second kappa shape index (κ2) is 10.7. The molecule has 0 bridgehead atoms. The number of unbranched alkanes of at least 4 members (excludes halogenated alkanes) is 2. The highest BCUT2D eigenvalue weighted by Gasteiger charge is 2.20. The van der Waals surface area contributed by atoms with Crippen LogP contribution in [0.15, 0.2) is 24.5 Å². The average Bonchev–Trinajstić information content (AvgIpc) is 3.14. The van der Waals surface area contributed by atoms with Crippen molar-refractivity contribution < 1.29 is 14.9 Å². The molecule has 0 saturated carbocycles. The third-order valence-corrected chi connectivity index (χ3v) is 5.40. The van der Waals surface area contributed by atoms with Gasteiger partial charge in [0.05, 0.1) is 19.0 Å². The molecule has 4 N–H and O–H groups in total. The van der Waals surface area contributed by atoms with E-state index in [9.17, 15) is 10.2 Å². The van der Waals surface area contributed by atoms with Gasteiger partial charge in [-0.05, 0) is 39.7 Å². The molecule has 0 fully saturated rings. The summed E-state index contributed by atoms with van der Waals surface area (Å²) < 4.78 is 7.26. The van der Waals surface area contributed by atoms with Gasteiger partial charge in [-0.3, -0.25) is 0 Å². The number of aliphatic hydroxyl groups is 1. The number of rotatable bonds is 12. The quantitative estimate of drug-likeness (QED) is 0.298. The minimum Gasteiger partial charge on any atom is -0.504 e. The number of hydrogen-bond acceptors (Lipinski definition) is 8. The van der Waals surface area contributed by atoms with Crippen LogP contribution in [0.4, 0.5) is 11.8 Å². The molecule has 33 heavy (non-hydrogen) atoms. The number of benzene rings is 1. The first-order chi connectivity index (χ1) is 15.7. The zero-order valence-electron chi connectivity index (χ0n) is 20.2. The minimum absolute atomic E-state index is 0.0332. The van der Waals surface area contributed by atoms with Crippen molar-refractivity contribution in [2.75, 3.05) is 17.7 Å². The Labute approximate surface area is 195 Å². The summed E-state index contributed by atoms with van der Waals surface area (Å²) in [7, 11) is 1.53. The summed E-state index contributed by atoms with van der Waals surface area (Å²) in [6.07, 6.45) is 5.67. The molecule has 0 spiro atoms. The van der Waals surface area contributed by atoms with E-state index >= 15 is 0 Å². The molecule has 0 aliphatic carbocycles. The molecule has 3 rings (SSSR count). The number of methoxy groups -OCH3 is 1. The summed E-state index contributed by atoms with van der Waals surface area (Å²) >= 11 is 0. The fourth-order valence-electron chi connectivity index (χ4n) is 3.90. The third-order valence-electron chi connectivity index (χ3n) is 5.40. The molecule has 0 amide bonds. The SMILES string of the molecule is CCCCCn1cnc2c(NCc3cccc(OC)c3O)nc(NC(C)CC(C)(C)O)nc21. The first kappa shape index (κ1) is 24.6. The number of aryl methyl sites for hydroxylation is 1. The smallest absolute Gasteiger partial charge is 0.226 e. The number of nitrogens with one attached hydrogen (secondary N) is 2. The lowest BCUT2D eigenvalue weighted by atomic mass is 10.0. The Kier molecular flexibility index (Phi) is 7.97. The second-order valence-electron chi connectivity index (χ2n) is 9.10. The maximum absolute atomic E-state index is 10.4. The van der Waals surface area contributed by atoms with Crippen LogP contribution in [0.5, 0.6) is 11.5 Å². The average molecular weight is 457 g/mol. The third kappa shape index (κ3) is 6.47. The number of ether oxygens (including phenoxy) is 1. The molecule has 9 heteroatoms. The molecule has 0 aliphatic rings. The fraction of sp³-hybridized carbons (Fsp3) is 0.542. The monoisotopic (exact) mass is 456 g/mol. The Morgan fingerprint density at radius 1 is 1.21 bits per heavy atom. The molecule has 9 nitrogen and oxygen atoms in total. The van der Waals surface area contributed by atoms with Gasteiger partial charge in [0.25, 0.3) is 0 Å². The van der Waals surface area contributed by atoms with Crippen LogP contribution < -0.4 is 15.4 Å². The van der Waals surface area contributed by atoms with Crippen molar-refractivity contribution in [3.63, 3.8) is 0 Å². The zero-order valence-corrected chi connectivity index (χ0v) is 20.2. The van der Waals surface area contributed by atoms with Crippen LogP contribution >= 0.6 is 0 Å². The van der Waals surface area contributed by atoms with E-state index in [1.165, 1.54) is 7.11 Å². The van der Waals surface area contributed by atoms with Gasteiger partial charge in [-0.2, -0.15) is 9.97 Å². The van der Waals surface area contributed by atoms with E-state index in [2.05, 4.69) is 27.5 Å². The summed E-state index contributed by atoms with van der Waals surface area (Å²) in [6.45, 7) is 8.91. The Morgan fingerprint density at radius 2 is 2.00 bits per heavy atom. The first-order valence-corrected chi connectivity index (χ1v) is 11.5. The lowest BCUT2D eigenvalue weighted by molar-refractivity contribution is 0.0672. The van der Waals surface area contributed by atoms with Gasteiger partial charge >= 0.3 is 0 Å². The van der Waals surface area contributed by atoms with Gasteiger partial charge in [0, 0.05) is 24.7 Å². The van der Waals surface area contributed by atoms with Gasteiger partial charge in [-0.15, -0.1) is 0 Å². The highest BCUT2D eigenvalue weighted by atomic mass is 16.5. The van der Waals surface area contributed by atoms with Gasteiger partial charge in [-0.25, -0.2) is 4.98 Å². The lowest BCUT2D eigenvalue weighted by Gasteiger charge is -2.23. The molecule has 0 aliphatic heterocycles. The number of phenols is 1. The molecule has 1 unspecified atom stereocenters. The Morgan fingerprint density at radius 3 is 2.70 bits per heavy atom. The van der Waals surface area contributed by atoms with Crippen LogP contribution in [-0.2, 0) is 13.1 Å². The van der Waals surface area contributed by atoms with Crippen LogP contribution in [0.1, 0.15) is 58.9 Å². The van der Waals surface area contributed by atoms with Crippen LogP contribution in [0.3, 0.4) is 0 Å². The molecule has 1 aromatic carbocycles. The van der Waals surface area contributed by atoms with E-state index in [-0.39, 0.29) is 11.8 Å². The molecular formula is C24H36N6O3. The van der Waals surface area contributed by atoms with Gasteiger partial charge in [0.2, 0.25) is 5.95 Å². The van der Waals surface area contributed by atoms with Crippen molar-refractivity contribution in [3.05, 3.63) is 30.1 Å². The summed E-state index contributed by atoms with van der Waals surface area (Å²) in [5, 5.41) is 27.2. The molecule has 1 atom stereocenters. The van der Waals surface area contributed by atoms with Gasteiger partial charge in [-0.1, -0.05) is 31.9 Å². The molecule has 180 valence electrons. The standard InChI is InChI=1S/C24H36N6O3/c1-6-7-8-12-30-15-26-19-21(25-14-17-10-9-11-18(33-5)20(17)31)28-23(29-22(19)30)27-16(2)13-24(3,4)32/h9-11,15-16,31-32H,6-8,12-14H2,1-5H3,(H2,25,27,28,29). The van der Waals surface area contributed by atoms with Gasteiger partial charge < -0.3 is 30.2 Å². The number of nitrogens with zero attached hydrogens (tertiary/aromatic N) is 4. The van der Waals surface area contributed by atoms with E-state index < -0.39 is 5.60 Å². The van der Waals surface area contributed by atoms with E-state index in [0.29, 0.717) is 41.6 Å². The van der Waals surface area contributed by atoms with Crippen molar-refractivity contribution in [1.29, 1.82) is 0 Å². The highest BCUT2D eigenvalue weighted by Crippen LogP contribution is 2.30. The van der Waals surface area contributed by atoms with Crippen molar-refractivity contribution >= 4 is 22.9 Å². The van der Waals surface area contributed by atoms with Gasteiger partial charge in [0.15, 0.2) is 28.5 Å². The number of phenolic OH excluding ortho intramolecular Hbond substituents is 1. The molecule has 2 aromatic heterocycles. The van der Waals surface area contributed by atoms with E-state index in [4.69, 9.17) is 9.72 Å². The number of aromatic hydroxyl groups is 1. The normalized spacial score (nSPS) is 12.7. The topological polar surface area (TPSA) is 117 Å². The highest BCUT2D eigenvalue weighted by molar-refractivity contribution is 5.84. The fourth-order valence-corrected chi connectivity index (χ4v) is 3.90. The second-order valence-corrected chi connectivity index (χ2v) is 9.10. The first-order valence-electron chi connectivity index (χ1n) is 11.5. The largest absolute Gasteiger partial charge is 0.504 e. The zero-order chi connectivity index (χ0) is 24.0. The van der Waals surface area contributed by atoms with Crippen LogP contribution in [0, 0.1) is 0 Å². The van der Waals surface area contributed by atoms with E-state index in [1.54, 1.807) is 26.2 Å². The van der Waals surface area contributed by atoms with Crippen molar-refractivity contribution in [2.24, 2.45) is 0 Å². The number of hydrogen-bond donors (Lipinski definition) is 4. The summed E-state index contributed by atoms with van der Waals surface area (Å²) in [6, 6.07) is 5.34. The Hall–Kier alpha value is -3.07. The predicted octanol–water partition coefficient (Wildman–Crippen LogP) is 4.30. The Balaban J connectivity index is 1.91. The molecular weight excluding hydrogens is 420 g/mol. The minimum atomic E-state index is -0.802. The predicted molar refractivity (Wildman–Crippen MR) is 131 cm³/mol. The van der Waals surface area contributed by atoms with Crippen LogP contribution in [0.25, 0.3) is 11.2 Å². The number of fused-ring (bicyclic) bond motifs is 1. The molecule has 3 aromatic rings. The number of aromatic nitrogens is 4. The number of imidazole rings is 1. The Bertz CT molecular complexity index is 1060. The maximum atomic E-state index is 10.4. The van der Waals surface area contributed by atoms with Crippen LogP contribution in [-0.4, -0.2) is 48.5 Å². The summed E-state index contributed by atoms with van der Waals surface area (Å²) in [5.41, 5.74) is 1.31. The van der Waals surface area contributed by atoms with Gasteiger partial charge in [0.1, 0.15) is 0 Å².